The summed E-state index contributed by atoms with van der Waals surface area (Å²) in [7, 11) is 0. The Bertz CT molecular complexity index is 373. The molecular weight excluding hydrogens is 220 g/mol. The lowest BCUT2D eigenvalue weighted by molar-refractivity contribution is 0.319. The fourth-order valence-corrected chi connectivity index (χ4v) is 2.61. The van der Waals surface area contributed by atoms with E-state index in [0.29, 0.717) is 6.04 Å². The first-order chi connectivity index (χ1) is 8.65. The van der Waals surface area contributed by atoms with E-state index in [2.05, 4.69) is 55.3 Å². The summed E-state index contributed by atoms with van der Waals surface area (Å²) in [5, 5.41) is 3.52. The zero-order chi connectivity index (χ0) is 13.0. The van der Waals surface area contributed by atoms with Gasteiger partial charge in [-0.1, -0.05) is 45.0 Å². The van der Waals surface area contributed by atoms with Crippen LogP contribution in [-0.2, 0) is 13.1 Å². The van der Waals surface area contributed by atoms with Gasteiger partial charge in [0.2, 0.25) is 0 Å². The van der Waals surface area contributed by atoms with Gasteiger partial charge in [0.25, 0.3) is 0 Å². The first-order valence-electron chi connectivity index (χ1n) is 7.17. The Balaban J connectivity index is 1.98. The molecule has 1 fully saturated rings. The molecule has 100 valence electrons. The molecule has 0 radical (unpaired) electrons. The number of benzene rings is 1. The Morgan fingerprint density at radius 2 is 2.00 bits per heavy atom. The van der Waals surface area contributed by atoms with Gasteiger partial charge in [0, 0.05) is 25.7 Å². The summed E-state index contributed by atoms with van der Waals surface area (Å²) in [5.41, 5.74) is 2.94. The first kappa shape index (κ1) is 13.6. The number of rotatable bonds is 5. The number of likely N-dealkylation sites (tertiary alicyclic amines) is 1. The van der Waals surface area contributed by atoms with Crippen LogP contribution < -0.4 is 5.32 Å². The van der Waals surface area contributed by atoms with Gasteiger partial charge in [0.15, 0.2) is 0 Å². The molecule has 0 amide bonds. The SMILES string of the molecule is CC1CCN(Cc2ccccc2CNC(C)C)C1. The lowest BCUT2D eigenvalue weighted by Crippen LogP contribution is -2.24. The van der Waals surface area contributed by atoms with Crippen LogP contribution in [0.5, 0.6) is 0 Å². The van der Waals surface area contributed by atoms with Gasteiger partial charge in [-0.2, -0.15) is 0 Å². The van der Waals surface area contributed by atoms with Crippen LogP contribution in [0.15, 0.2) is 24.3 Å². The molecule has 0 saturated carbocycles. The van der Waals surface area contributed by atoms with Crippen LogP contribution in [0, 0.1) is 5.92 Å². The Labute approximate surface area is 111 Å². The zero-order valence-corrected chi connectivity index (χ0v) is 11.9. The maximum absolute atomic E-state index is 3.52. The molecule has 2 heteroatoms. The van der Waals surface area contributed by atoms with Crippen molar-refractivity contribution in [3.63, 3.8) is 0 Å². The van der Waals surface area contributed by atoms with E-state index in [9.17, 15) is 0 Å². The molecule has 1 N–H and O–H groups in total. The zero-order valence-electron chi connectivity index (χ0n) is 11.9. The maximum atomic E-state index is 3.52. The number of nitrogens with one attached hydrogen (secondary N) is 1. The van der Waals surface area contributed by atoms with Crippen molar-refractivity contribution in [2.24, 2.45) is 5.92 Å². The molecule has 1 atom stereocenters. The first-order valence-corrected chi connectivity index (χ1v) is 7.17. The van der Waals surface area contributed by atoms with Gasteiger partial charge in [-0.3, -0.25) is 4.90 Å². The van der Waals surface area contributed by atoms with E-state index < -0.39 is 0 Å². The second-order valence-corrected chi connectivity index (χ2v) is 5.93. The van der Waals surface area contributed by atoms with Crippen LogP contribution in [0.1, 0.15) is 38.3 Å². The smallest absolute Gasteiger partial charge is 0.0237 e. The molecular formula is C16H26N2. The van der Waals surface area contributed by atoms with Crippen LogP contribution in [0.4, 0.5) is 0 Å². The molecule has 0 spiro atoms. The molecule has 0 aliphatic carbocycles. The lowest BCUT2D eigenvalue weighted by Gasteiger charge is -2.18. The summed E-state index contributed by atoms with van der Waals surface area (Å²) >= 11 is 0. The molecule has 18 heavy (non-hydrogen) atoms. The van der Waals surface area contributed by atoms with Gasteiger partial charge in [0.1, 0.15) is 0 Å². The van der Waals surface area contributed by atoms with Crippen molar-refractivity contribution in [2.45, 2.75) is 46.3 Å². The highest BCUT2D eigenvalue weighted by Crippen LogP contribution is 2.19. The molecule has 0 aromatic heterocycles. The van der Waals surface area contributed by atoms with Gasteiger partial charge in [-0.05, 0) is 30.0 Å². The normalized spacial score (nSPS) is 20.8. The van der Waals surface area contributed by atoms with E-state index >= 15 is 0 Å². The third-order valence-corrected chi connectivity index (χ3v) is 3.72. The van der Waals surface area contributed by atoms with Gasteiger partial charge in [-0.25, -0.2) is 0 Å². The summed E-state index contributed by atoms with van der Waals surface area (Å²) in [5.74, 6) is 0.867. The second-order valence-electron chi connectivity index (χ2n) is 5.93. The Morgan fingerprint density at radius 1 is 1.28 bits per heavy atom. The monoisotopic (exact) mass is 246 g/mol. The minimum absolute atomic E-state index is 0.546. The van der Waals surface area contributed by atoms with Gasteiger partial charge in [0.05, 0.1) is 0 Å². The number of hydrogen-bond donors (Lipinski definition) is 1. The van der Waals surface area contributed by atoms with Crippen molar-refractivity contribution < 1.29 is 0 Å². The van der Waals surface area contributed by atoms with Crippen LogP contribution in [0.2, 0.25) is 0 Å². The van der Waals surface area contributed by atoms with Crippen LogP contribution >= 0.6 is 0 Å². The summed E-state index contributed by atoms with van der Waals surface area (Å²) in [6.45, 7) is 11.4. The summed E-state index contributed by atoms with van der Waals surface area (Å²) in [6.07, 6.45) is 1.35. The molecule has 1 aromatic carbocycles. The number of hydrogen-bond acceptors (Lipinski definition) is 2. The van der Waals surface area contributed by atoms with Crippen LogP contribution in [0.3, 0.4) is 0 Å². The van der Waals surface area contributed by atoms with Crippen molar-refractivity contribution in [1.29, 1.82) is 0 Å². The van der Waals surface area contributed by atoms with Crippen molar-refractivity contribution in [3.05, 3.63) is 35.4 Å². The molecule has 1 saturated heterocycles. The van der Waals surface area contributed by atoms with E-state index in [1.165, 1.54) is 30.6 Å². The van der Waals surface area contributed by atoms with E-state index in [-0.39, 0.29) is 0 Å². The predicted octanol–water partition coefficient (Wildman–Crippen LogP) is 3.03. The minimum Gasteiger partial charge on any atom is -0.310 e. The molecule has 1 unspecified atom stereocenters. The summed E-state index contributed by atoms with van der Waals surface area (Å²) in [4.78, 5) is 2.58. The fraction of sp³-hybridized carbons (Fsp3) is 0.625. The highest BCUT2D eigenvalue weighted by Gasteiger charge is 2.19. The quantitative estimate of drug-likeness (QED) is 0.859. The average molecular weight is 246 g/mol. The van der Waals surface area contributed by atoms with Crippen molar-refractivity contribution in [2.75, 3.05) is 13.1 Å². The Morgan fingerprint density at radius 3 is 2.61 bits per heavy atom. The second kappa shape index (κ2) is 6.35. The van der Waals surface area contributed by atoms with E-state index in [1.54, 1.807) is 0 Å². The average Bonchev–Trinajstić information content (AvgIpc) is 2.73. The summed E-state index contributed by atoms with van der Waals surface area (Å²) in [6, 6.07) is 9.39. The Kier molecular flexibility index (Phi) is 4.79. The largest absolute Gasteiger partial charge is 0.310 e. The number of nitrogens with zero attached hydrogens (tertiary/aromatic N) is 1. The van der Waals surface area contributed by atoms with E-state index in [4.69, 9.17) is 0 Å². The van der Waals surface area contributed by atoms with Gasteiger partial charge < -0.3 is 5.32 Å². The molecule has 1 heterocycles. The fourth-order valence-electron chi connectivity index (χ4n) is 2.61. The highest BCUT2D eigenvalue weighted by atomic mass is 15.1. The predicted molar refractivity (Wildman–Crippen MR) is 77.5 cm³/mol. The highest BCUT2D eigenvalue weighted by molar-refractivity contribution is 5.27. The van der Waals surface area contributed by atoms with E-state index in [1.807, 2.05) is 0 Å². The third kappa shape index (κ3) is 3.82. The van der Waals surface area contributed by atoms with Crippen molar-refractivity contribution in [1.82, 2.24) is 10.2 Å². The van der Waals surface area contributed by atoms with Gasteiger partial charge >= 0.3 is 0 Å². The summed E-state index contributed by atoms with van der Waals surface area (Å²) < 4.78 is 0. The molecule has 0 bridgehead atoms. The minimum atomic E-state index is 0.546. The molecule has 1 aliphatic rings. The Hall–Kier alpha value is -0.860. The third-order valence-electron chi connectivity index (χ3n) is 3.72. The van der Waals surface area contributed by atoms with Crippen molar-refractivity contribution in [3.8, 4) is 0 Å². The molecule has 2 nitrogen and oxygen atoms in total. The molecule has 1 aromatic rings. The van der Waals surface area contributed by atoms with Crippen LogP contribution in [0.25, 0.3) is 0 Å². The van der Waals surface area contributed by atoms with Crippen molar-refractivity contribution >= 4 is 0 Å². The molecule has 2 rings (SSSR count). The maximum Gasteiger partial charge on any atom is 0.0237 e. The van der Waals surface area contributed by atoms with Gasteiger partial charge in [-0.15, -0.1) is 0 Å². The molecule has 1 aliphatic heterocycles. The topological polar surface area (TPSA) is 15.3 Å². The van der Waals surface area contributed by atoms with Crippen LogP contribution in [-0.4, -0.2) is 24.0 Å². The van der Waals surface area contributed by atoms with E-state index in [0.717, 1.165) is 19.0 Å². The lowest BCUT2D eigenvalue weighted by atomic mass is 10.1. The standard InChI is InChI=1S/C16H26N2/c1-13(2)17-10-15-6-4-5-7-16(15)12-18-9-8-14(3)11-18/h4-7,13-14,17H,8-12H2,1-3H3.